The largest absolute Gasteiger partial charge is 0.486 e. The second-order valence-corrected chi connectivity index (χ2v) is 4.80. The number of fused-ring (bicyclic) bond motifs is 1. The third-order valence-electron chi connectivity index (χ3n) is 3.12. The number of hydrogen-bond donors (Lipinski definition) is 2. The summed E-state index contributed by atoms with van der Waals surface area (Å²) in [5.41, 5.74) is -0.148. The third kappa shape index (κ3) is 3.59. The van der Waals surface area contributed by atoms with E-state index in [2.05, 4.69) is 5.32 Å². The van der Waals surface area contributed by atoms with Crippen LogP contribution in [0.15, 0.2) is 18.2 Å². The van der Waals surface area contributed by atoms with Crippen LogP contribution in [0, 0.1) is 0 Å². The number of methoxy groups -OCH3 is 1. The van der Waals surface area contributed by atoms with Crippen molar-refractivity contribution in [2.45, 2.75) is 12.5 Å². The Labute approximate surface area is 113 Å². The maximum absolute atomic E-state index is 10.5. The van der Waals surface area contributed by atoms with Crippen LogP contribution in [0.1, 0.15) is 12.5 Å². The van der Waals surface area contributed by atoms with E-state index >= 15 is 0 Å². The number of rotatable bonds is 6. The lowest BCUT2D eigenvalue weighted by Crippen LogP contribution is -2.36. The summed E-state index contributed by atoms with van der Waals surface area (Å²) < 4.78 is 15.9. The highest BCUT2D eigenvalue weighted by Crippen LogP contribution is 2.34. The van der Waals surface area contributed by atoms with Crippen molar-refractivity contribution in [3.63, 3.8) is 0 Å². The van der Waals surface area contributed by atoms with Gasteiger partial charge in [-0.3, -0.25) is 0 Å². The Bertz CT molecular complexity index is 420. The van der Waals surface area contributed by atoms with Crippen molar-refractivity contribution in [3.05, 3.63) is 23.8 Å². The van der Waals surface area contributed by atoms with Crippen molar-refractivity contribution in [3.8, 4) is 11.5 Å². The number of hydrogen-bond acceptors (Lipinski definition) is 5. The minimum atomic E-state index is -0.955. The van der Waals surface area contributed by atoms with Gasteiger partial charge in [-0.1, -0.05) is 6.07 Å². The minimum Gasteiger partial charge on any atom is -0.486 e. The highest BCUT2D eigenvalue weighted by Gasteiger charge is 2.25. The smallest absolute Gasteiger partial charge is 0.161 e. The fourth-order valence-corrected chi connectivity index (χ4v) is 1.99. The summed E-state index contributed by atoms with van der Waals surface area (Å²) in [5, 5.41) is 13.6. The number of nitrogens with one attached hydrogen (secondary N) is 1. The van der Waals surface area contributed by atoms with Crippen molar-refractivity contribution >= 4 is 0 Å². The molecule has 5 nitrogen and oxygen atoms in total. The predicted molar refractivity (Wildman–Crippen MR) is 71.7 cm³/mol. The molecule has 1 aromatic rings. The van der Waals surface area contributed by atoms with E-state index in [-0.39, 0.29) is 0 Å². The lowest BCUT2D eigenvalue weighted by molar-refractivity contribution is 0.0543. The molecule has 0 saturated carbocycles. The maximum atomic E-state index is 10.5. The molecule has 5 heteroatoms. The summed E-state index contributed by atoms with van der Waals surface area (Å²) in [5.74, 6) is 1.43. The SMILES string of the molecule is COCCNCC(C)(O)c1ccc2c(c1)OCCO2. The molecular weight excluding hydrogens is 246 g/mol. The van der Waals surface area contributed by atoms with Crippen LogP contribution in [-0.4, -0.2) is 45.1 Å². The predicted octanol–water partition coefficient (Wildman–Crippen LogP) is 0.901. The Morgan fingerprint density at radius 2 is 2.05 bits per heavy atom. The molecule has 2 rings (SSSR count). The van der Waals surface area contributed by atoms with Gasteiger partial charge in [0, 0.05) is 20.2 Å². The van der Waals surface area contributed by atoms with E-state index in [1.807, 2.05) is 18.2 Å². The zero-order valence-electron chi connectivity index (χ0n) is 11.4. The van der Waals surface area contributed by atoms with Crippen LogP contribution in [0.2, 0.25) is 0 Å². The van der Waals surface area contributed by atoms with Gasteiger partial charge in [0.05, 0.1) is 12.2 Å². The van der Waals surface area contributed by atoms with E-state index < -0.39 is 5.60 Å². The van der Waals surface area contributed by atoms with Crippen molar-refractivity contribution in [1.82, 2.24) is 5.32 Å². The fourth-order valence-electron chi connectivity index (χ4n) is 1.99. The van der Waals surface area contributed by atoms with Gasteiger partial charge in [0.15, 0.2) is 11.5 Å². The Kier molecular flexibility index (Phi) is 4.63. The van der Waals surface area contributed by atoms with Gasteiger partial charge in [-0.2, -0.15) is 0 Å². The Morgan fingerprint density at radius 3 is 2.79 bits per heavy atom. The quantitative estimate of drug-likeness (QED) is 0.750. The van der Waals surface area contributed by atoms with Crippen molar-refractivity contribution in [1.29, 1.82) is 0 Å². The Morgan fingerprint density at radius 1 is 1.32 bits per heavy atom. The monoisotopic (exact) mass is 267 g/mol. The van der Waals surface area contributed by atoms with Gasteiger partial charge >= 0.3 is 0 Å². The molecule has 1 aromatic carbocycles. The zero-order valence-corrected chi connectivity index (χ0v) is 11.4. The van der Waals surface area contributed by atoms with Crippen LogP contribution in [0.3, 0.4) is 0 Å². The van der Waals surface area contributed by atoms with Gasteiger partial charge in [0.2, 0.25) is 0 Å². The fraction of sp³-hybridized carbons (Fsp3) is 0.571. The average molecular weight is 267 g/mol. The average Bonchev–Trinajstić information content (AvgIpc) is 2.43. The third-order valence-corrected chi connectivity index (χ3v) is 3.12. The molecule has 0 aromatic heterocycles. The van der Waals surface area contributed by atoms with Gasteiger partial charge in [-0.25, -0.2) is 0 Å². The highest BCUT2D eigenvalue weighted by molar-refractivity contribution is 5.45. The first-order valence-corrected chi connectivity index (χ1v) is 6.45. The Hall–Kier alpha value is -1.30. The molecule has 0 fully saturated rings. The van der Waals surface area contributed by atoms with Crippen molar-refractivity contribution in [2.75, 3.05) is 40.0 Å². The standard InChI is InChI=1S/C14H21NO4/c1-14(16,10-15-5-6-17-2)11-3-4-12-13(9-11)19-8-7-18-12/h3-4,9,15-16H,5-8,10H2,1-2H3. The van der Waals surface area contributed by atoms with E-state index in [0.29, 0.717) is 38.7 Å². The molecular formula is C14H21NO4. The highest BCUT2D eigenvalue weighted by atomic mass is 16.6. The van der Waals surface area contributed by atoms with Crippen LogP contribution >= 0.6 is 0 Å². The zero-order chi connectivity index (χ0) is 13.7. The van der Waals surface area contributed by atoms with Gasteiger partial charge in [0.1, 0.15) is 13.2 Å². The molecule has 1 unspecified atom stereocenters. The second kappa shape index (κ2) is 6.23. The number of benzene rings is 1. The van der Waals surface area contributed by atoms with E-state index in [9.17, 15) is 5.11 Å². The molecule has 0 saturated heterocycles. The van der Waals surface area contributed by atoms with Crippen molar-refractivity contribution in [2.24, 2.45) is 0 Å². The first-order chi connectivity index (χ1) is 9.13. The molecule has 1 aliphatic rings. The molecule has 106 valence electrons. The molecule has 1 atom stereocenters. The lowest BCUT2D eigenvalue weighted by atomic mass is 9.95. The molecule has 0 bridgehead atoms. The molecule has 1 aliphatic heterocycles. The van der Waals surface area contributed by atoms with E-state index in [1.165, 1.54) is 0 Å². The number of ether oxygens (including phenoxy) is 3. The maximum Gasteiger partial charge on any atom is 0.161 e. The van der Waals surface area contributed by atoms with Gasteiger partial charge in [-0.05, 0) is 24.6 Å². The first-order valence-electron chi connectivity index (χ1n) is 6.45. The van der Waals surface area contributed by atoms with Crippen LogP contribution in [0.4, 0.5) is 0 Å². The van der Waals surface area contributed by atoms with Crippen LogP contribution < -0.4 is 14.8 Å². The van der Waals surface area contributed by atoms with Gasteiger partial charge in [0.25, 0.3) is 0 Å². The Balaban J connectivity index is 2.03. The van der Waals surface area contributed by atoms with Crippen LogP contribution in [0.25, 0.3) is 0 Å². The lowest BCUT2D eigenvalue weighted by Gasteiger charge is -2.26. The molecule has 1 heterocycles. The summed E-state index contributed by atoms with van der Waals surface area (Å²) in [6.45, 7) is 4.68. The summed E-state index contributed by atoms with van der Waals surface area (Å²) in [7, 11) is 1.65. The van der Waals surface area contributed by atoms with E-state index in [4.69, 9.17) is 14.2 Å². The molecule has 2 N–H and O–H groups in total. The normalized spacial score (nSPS) is 17.0. The molecule has 0 radical (unpaired) electrons. The first kappa shape index (κ1) is 14.1. The molecule has 0 aliphatic carbocycles. The summed E-state index contributed by atoms with van der Waals surface area (Å²) in [4.78, 5) is 0. The molecule has 19 heavy (non-hydrogen) atoms. The van der Waals surface area contributed by atoms with E-state index in [0.717, 1.165) is 11.3 Å². The summed E-state index contributed by atoms with van der Waals surface area (Å²) >= 11 is 0. The minimum absolute atomic E-state index is 0.454. The van der Waals surface area contributed by atoms with Crippen molar-refractivity contribution < 1.29 is 19.3 Å². The summed E-state index contributed by atoms with van der Waals surface area (Å²) in [6, 6.07) is 5.55. The van der Waals surface area contributed by atoms with Crippen LogP contribution in [-0.2, 0) is 10.3 Å². The molecule has 0 amide bonds. The topological polar surface area (TPSA) is 60.0 Å². The van der Waals surface area contributed by atoms with Crippen LogP contribution in [0.5, 0.6) is 11.5 Å². The van der Waals surface area contributed by atoms with Gasteiger partial charge in [-0.15, -0.1) is 0 Å². The van der Waals surface area contributed by atoms with Gasteiger partial charge < -0.3 is 24.6 Å². The number of aliphatic hydroxyl groups is 1. The summed E-state index contributed by atoms with van der Waals surface area (Å²) in [6.07, 6.45) is 0. The van der Waals surface area contributed by atoms with E-state index in [1.54, 1.807) is 14.0 Å². The second-order valence-electron chi connectivity index (χ2n) is 4.80. The molecule has 0 spiro atoms.